The van der Waals surface area contributed by atoms with E-state index in [9.17, 15) is 0 Å². The van der Waals surface area contributed by atoms with E-state index in [0.717, 1.165) is 31.6 Å². The lowest BCUT2D eigenvalue weighted by molar-refractivity contribution is 0.0555. The monoisotopic (exact) mass is 213 g/mol. The van der Waals surface area contributed by atoms with Crippen molar-refractivity contribution in [3.63, 3.8) is 0 Å². The maximum absolute atomic E-state index is 3.47. The quantitative estimate of drug-likeness (QED) is 0.748. The minimum Gasteiger partial charge on any atom is -0.298 e. The van der Waals surface area contributed by atoms with Crippen LogP contribution in [0.4, 0.5) is 0 Å². The number of piperazine rings is 1. The minimum absolute atomic E-state index is 0.721. The Morgan fingerprint density at radius 2 is 1.67 bits per heavy atom. The molecule has 3 heteroatoms. The number of hydrogen-bond donors (Lipinski definition) is 1. The van der Waals surface area contributed by atoms with Crippen LogP contribution in [0, 0.1) is 5.92 Å². The molecule has 0 bridgehead atoms. The molecule has 1 aliphatic rings. The molecule has 1 heterocycles. The highest BCUT2D eigenvalue weighted by molar-refractivity contribution is 4.76. The molecule has 1 fully saturated rings. The molecular weight excluding hydrogens is 186 g/mol. The summed E-state index contributed by atoms with van der Waals surface area (Å²) in [7, 11) is 0. The average Bonchev–Trinajstić information content (AvgIpc) is 2.26. The SMILES string of the molecule is CCCNN1CCN([C@@H](C)C(C)C)CC1. The first-order valence-corrected chi connectivity index (χ1v) is 6.37. The predicted molar refractivity (Wildman–Crippen MR) is 65.7 cm³/mol. The Kier molecular flexibility index (Phi) is 5.58. The van der Waals surface area contributed by atoms with Gasteiger partial charge in [-0.05, 0) is 19.3 Å². The van der Waals surface area contributed by atoms with Crippen LogP contribution in [0.1, 0.15) is 34.1 Å². The van der Waals surface area contributed by atoms with Crippen molar-refractivity contribution in [2.75, 3.05) is 32.7 Å². The van der Waals surface area contributed by atoms with Crippen LogP contribution in [0.15, 0.2) is 0 Å². The third-order valence-corrected chi connectivity index (χ3v) is 3.44. The van der Waals surface area contributed by atoms with Crippen LogP contribution in [0.5, 0.6) is 0 Å². The lowest BCUT2D eigenvalue weighted by Gasteiger charge is -2.39. The third kappa shape index (κ3) is 4.09. The van der Waals surface area contributed by atoms with Crippen molar-refractivity contribution >= 4 is 0 Å². The molecule has 90 valence electrons. The Bertz CT molecular complexity index is 162. The van der Waals surface area contributed by atoms with Crippen LogP contribution in [0.3, 0.4) is 0 Å². The normalized spacial score (nSPS) is 22.2. The van der Waals surface area contributed by atoms with Gasteiger partial charge in [-0.2, -0.15) is 0 Å². The van der Waals surface area contributed by atoms with Gasteiger partial charge in [0.15, 0.2) is 0 Å². The van der Waals surface area contributed by atoms with E-state index < -0.39 is 0 Å². The van der Waals surface area contributed by atoms with E-state index in [-0.39, 0.29) is 0 Å². The zero-order valence-corrected chi connectivity index (χ0v) is 10.8. The summed E-state index contributed by atoms with van der Waals surface area (Å²) in [5.41, 5.74) is 3.47. The molecule has 0 radical (unpaired) electrons. The van der Waals surface area contributed by atoms with Gasteiger partial charge in [-0.25, -0.2) is 5.01 Å². The summed E-state index contributed by atoms with van der Waals surface area (Å²) in [6.45, 7) is 15.0. The molecule has 1 atom stereocenters. The van der Waals surface area contributed by atoms with Crippen LogP contribution in [-0.2, 0) is 0 Å². The predicted octanol–water partition coefficient (Wildman–Crippen LogP) is 1.56. The Hall–Kier alpha value is -0.120. The van der Waals surface area contributed by atoms with Crippen LogP contribution < -0.4 is 5.43 Å². The summed E-state index contributed by atoms with van der Waals surface area (Å²) in [4.78, 5) is 2.61. The molecule has 0 saturated carbocycles. The van der Waals surface area contributed by atoms with Crippen LogP contribution in [0.25, 0.3) is 0 Å². The minimum atomic E-state index is 0.721. The van der Waals surface area contributed by atoms with Gasteiger partial charge in [-0.3, -0.25) is 10.3 Å². The first kappa shape index (κ1) is 12.9. The van der Waals surface area contributed by atoms with Crippen molar-refractivity contribution in [1.29, 1.82) is 0 Å². The van der Waals surface area contributed by atoms with Gasteiger partial charge in [0.1, 0.15) is 0 Å². The van der Waals surface area contributed by atoms with Crippen molar-refractivity contribution < 1.29 is 0 Å². The molecule has 0 aliphatic carbocycles. The van der Waals surface area contributed by atoms with Crippen LogP contribution in [-0.4, -0.2) is 48.7 Å². The van der Waals surface area contributed by atoms with Gasteiger partial charge >= 0.3 is 0 Å². The largest absolute Gasteiger partial charge is 0.298 e. The standard InChI is InChI=1S/C12H27N3/c1-5-6-13-15-9-7-14(8-10-15)12(4)11(2)3/h11-13H,5-10H2,1-4H3/t12-/m0/s1. The maximum atomic E-state index is 3.47. The number of hydrogen-bond acceptors (Lipinski definition) is 3. The summed E-state index contributed by atoms with van der Waals surface area (Å²) in [6.07, 6.45) is 1.21. The van der Waals surface area contributed by atoms with Gasteiger partial charge in [-0.15, -0.1) is 0 Å². The van der Waals surface area contributed by atoms with E-state index in [1.807, 2.05) is 0 Å². The van der Waals surface area contributed by atoms with E-state index in [1.54, 1.807) is 0 Å². The molecule has 1 aliphatic heterocycles. The fourth-order valence-electron chi connectivity index (χ4n) is 1.98. The van der Waals surface area contributed by atoms with Crippen molar-refractivity contribution in [1.82, 2.24) is 15.3 Å². The molecular formula is C12H27N3. The molecule has 0 spiro atoms. The van der Waals surface area contributed by atoms with Gasteiger partial charge in [0.2, 0.25) is 0 Å². The van der Waals surface area contributed by atoms with Crippen LogP contribution in [0.2, 0.25) is 0 Å². The highest BCUT2D eigenvalue weighted by Crippen LogP contribution is 2.12. The van der Waals surface area contributed by atoms with Crippen LogP contribution >= 0.6 is 0 Å². The molecule has 0 aromatic heterocycles. The lowest BCUT2D eigenvalue weighted by Crippen LogP contribution is -2.54. The van der Waals surface area contributed by atoms with Crippen molar-refractivity contribution in [3.05, 3.63) is 0 Å². The summed E-state index contributed by atoms with van der Waals surface area (Å²) in [5.74, 6) is 0.764. The second-order valence-corrected chi connectivity index (χ2v) is 4.92. The summed E-state index contributed by atoms with van der Waals surface area (Å²) >= 11 is 0. The van der Waals surface area contributed by atoms with Gasteiger partial charge < -0.3 is 0 Å². The second-order valence-electron chi connectivity index (χ2n) is 4.92. The smallest absolute Gasteiger partial charge is 0.0259 e. The Labute approximate surface area is 94.8 Å². The highest BCUT2D eigenvalue weighted by Gasteiger charge is 2.22. The van der Waals surface area contributed by atoms with Gasteiger partial charge in [0.25, 0.3) is 0 Å². The Morgan fingerprint density at radius 3 is 2.13 bits per heavy atom. The summed E-state index contributed by atoms with van der Waals surface area (Å²) in [5, 5.41) is 2.37. The molecule has 3 nitrogen and oxygen atoms in total. The number of rotatable bonds is 5. The molecule has 15 heavy (non-hydrogen) atoms. The fourth-order valence-corrected chi connectivity index (χ4v) is 1.98. The molecule has 0 aromatic rings. The summed E-state index contributed by atoms with van der Waals surface area (Å²) < 4.78 is 0. The zero-order valence-electron chi connectivity index (χ0n) is 10.8. The van der Waals surface area contributed by atoms with Gasteiger partial charge in [0, 0.05) is 38.8 Å². The van der Waals surface area contributed by atoms with E-state index in [4.69, 9.17) is 0 Å². The molecule has 0 amide bonds. The molecule has 1 saturated heterocycles. The zero-order chi connectivity index (χ0) is 11.3. The van der Waals surface area contributed by atoms with Crippen molar-refractivity contribution in [2.24, 2.45) is 5.92 Å². The third-order valence-electron chi connectivity index (χ3n) is 3.44. The first-order chi connectivity index (χ1) is 7.15. The Balaban J connectivity index is 2.23. The maximum Gasteiger partial charge on any atom is 0.0259 e. The van der Waals surface area contributed by atoms with Gasteiger partial charge in [-0.1, -0.05) is 20.8 Å². The topological polar surface area (TPSA) is 18.5 Å². The second kappa shape index (κ2) is 6.46. The van der Waals surface area contributed by atoms with Crippen molar-refractivity contribution in [3.8, 4) is 0 Å². The number of hydrazine groups is 1. The van der Waals surface area contributed by atoms with E-state index in [1.165, 1.54) is 19.5 Å². The Morgan fingerprint density at radius 1 is 1.07 bits per heavy atom. The van der Waals surface area contributed by atoms with Crippen molar-refractivity contribution in [2.45, 2.75) is 40.2 Å². The van der Waals surface area contributed by atoms with E-state index in [2.05, 4.69) is 43.0 Å². The molecule has 1 N–H and O–H groups in total. The lowest BCUT2D eigenvalue weighted by atomic mass is 10.0. The van der Waals surface area contributed by atoms with E-state index >= 15 is 0 Å². The first-order valence-electron chi connectivity index (χ1n) is 6.37. The molecule has 1 rings (SSSR count). The summed E-state index contributed by atoms with van der Waals surface area (Å²) in [6, 6.07) is 0.721. The number of nitrogens with one attached hydrogen (secondary N) is 1. The average molecular weight is 213 g/mol. The number of nitrogens with zero attached hydrogens (tertiary/aromatic N) is 2. The van der Waals surface area contributed by atoms with E-state index in [0.29, 0.717) is 0 Å². The molecule has 0 unspecified atom stereocenters. The highest BCUT2D eigenvalue weighted by atomic mass is 15.5. The van der Waals surface area contributed by atoms with Gasteiger partial charge in [0.05, 0.1) is 0 Å². The fraction of sp³-hybridized carbons (Fsp3) is 1.00. The molecule has 0 aromatic carbocycles.